The summed E-state index contributed by atoms with van der Waals surface area (Å²) in [5.74, 6) is 1.79. The van der Waals surface area contributed by atoms with E-state index < -0.39 is 0 Å². The van der Waals surface area contributed by atoms with Crippen LogP contribution >= 0.6 is 11.8 Å². The van der Waals surface area contributed by atoms with Gasteiger partial charge in [-0.2, -0.15) is 19.6 Å². The average molecular weight is 357 g/mol. The average Bonchev–Trinajstić information content (AvgIpc) is 3.00. The van der Waals surface area contributed by atoms with Crippen molar-refractivity contribution in [3.63, 3.8) is 0 Å². The lowest BCUT2D eigenvalue weighted by Crippen LogP contribution is -2.16. The zero-order chi connectivity index (χ0) is 18.0. The number of rotatable bonds is 5. The minimum atomic E-state index is 0.197. The predicted octanol–water partition coefficient (Wildman–Crippen LogP) is 1.40. The lowest BCUT2D eigenvalue weighted by atomic mass is 10.1. The second kappa shape index (κ2) is 7.01. The van der Waals surface area contributed by atoms with E-state index in [1.165, 1.54) is 17.3 Å². The third kappa shape index (κ3) is 3.85. The Hall–Kier alpha value is -2.75. The fourth-order valence-corrected chi connectivity index (χ4v) is 3.02. The van der Waals surface area contributed by atoms with E-state index in [1.807, 2.05) is 33.2 Å². The molecule has 130 valence electrons. The molecule has 0 spiro atoms. The molecule has 0 aliphatic heterocycles. The maximum Gasteiger partial charge on any atom is 0.229 e. The maximum atomic E-state index is 5.76. The molecular weight excluding hydrogens is 338 g/mol. The van der Waals surface area contributed by atoms with Crippen molar-refractivity contribution >= 4 is 23.7 Å². The standard InChI is InChI=1S/C15H19N9S/c1-9-5-6-11(10(2)7-9)24-15(20-21-22-24)25-8-12-17-13(16)19-14(18-12)23(3)4/h5-7H,8H2,1-4H3,(H2,16,17,18,19). The van der Waals surface area contributed by atoms with Crippen LogP contribution in [0.2, 0.25) is 0 Å². The molecule has 0 aliphatic carbocycles. The van der Waals surface area contributed by atoms with Crippen molar-refractivity contribution in [2.24, 2.45) is 0 Å². The SMILES string of the molecule is Cc1ccc(-n2nnnc2SCc2nc(N)nc(N(C)C)n2)c(C)c1. The van der Waals surface area contributed by atoms with Gasteiger partial charge in [0.2, 0.25) is 17.1 Å². The van der Waals surface area contributed by atoms with Crippen LogP contribution in [0.3, 0.4) is 0 Å². The molecule has 0 atom stereocenters. The van der Waals surface area contributed by atoms with Crippen LogP contribution in [-0.2, 0) is 5.75 Å². The van der Waals surface area contributed by atoms with Gasteiger partial charge in [-0.15, -0.1) is 5.10 Å². The maximum absolute atomic E-state index is 5.76. The number of nitrogen functional groups attached to an aromatic ring is 1. The summed E-state index contributed by atoms with van der Waals surface area (Å²) in [4.78, 5) is 14.4. The minimum absolute atomic E-state index is 0.197. The minimum Gasteiger partial charge on any atom is -0.368 e. The van der Waals surface area contributed by atoms with Crippen LogP contribution in [0.4, 0.5) is 11.9 Å². The highest BCUT2D eigenvalue weighted by atomic mass is 32.2. The van der Waals surface area contributed by atoms with E-state index in [2.05, 4.69) is 43.5 Å². The quantitative estimate of drug-likeness (QED) is 0.677. The molecule has 0 fully saturated rings. The van der Waals surface area contributed by atoms with E-state index in [-0.39, 0.29) is 5.95 Å². The molecule has 10 heteroatoms. The number of aryl methyl sites for hydroxylation is 2. The molecule has 0 saturated carbocycles. The van der Waals surface area contributed by atoms with Gasteiger partial charge in [0.05, 0.1) is 11.4 Å². The largest absolute Gasteiger partial charge is 0.368 e. The second-order valence-corrected chi connectivity index (χ2v) is 6.70. The molecule has 0 bridgehead atoms. The van der Waals surface area contributed by atoms with Crippen LogP contribution in [0.1, 0.15) is 17.0 Å². The fourth-order valence-electron chi connectivity index (χ4n) is 2.28. The van der Waals surface area contributed by atoms with Gasteiger partial charge in [0.25, 0.3) is 0 Å². The van der Waals surface area contributed by atoms with Crippen molar-refractivity contribution in [1.82, 2.24) is 35.2 Å². The first-order chi connectivity index (χ1) is 11.9. The molecule has 2 N–H and O–H groups in total. The molecule has 25 heavy (non-hydrogen) atoms. The van der Waals surface area contributed by atoms with E-state index in [0.717, 1.165) is 11.3 Å². The summed E-state index contributed by atoms with van der Waals surface area (Å²) in [6.07, 6.45) is 0. The molecule has 0 aliphatic rings. The van der Waals surface area contributed by atoms with Crippen molar-refractivity contribution in [3.05, 3.63) is 35.2 Å². The summed E-state index contributed by atoms with van der Waals surface area (Å²) in [6.45, 7) is 4.09. The van der Waals surface area contributed by atoms with Crippen molar-refractivity contribution in [2.45, 2.75) is 24.8 Å². The third-order valence-electron chi connectivity index (χ3n) is 3.44. The predicted molar refractivity (Wildman–Crippen MR) is 96.8 cm³/mol. The van der Waals surface area contributed by atoms with Gasteiger partial charge >= 0.3 is 0 Å². The van der Waals surface area contributed by atoms with Gasteiger partial charge in [0.1, 0.15) is 5.82 Å². The van der Waals surface area contributed by atoms with Gasteiger partial charge in [0.15, 0.2) is 0 Å². The molecule has 0 saturated heterocycles. The Morgan fingerprint density at radius 3 is 2.68 bits per heavy atom. The number of nitrogens with zero attached hydrogens (tertiary/aromatic N) is 8. The first-order valence-electron chi connectivity index (χ1n) is 7.60. The molecule has 2 aromatic heterocycles. The Kier molecular flexibility index (Phi) is 4.79. The summed E-state index contributed by atoms with van der Waals surface area (Å²) in [5.41, 5.74) is 9.00. The monoisotopic (exact) mass is 357 g/mol. The summed E-state index contributed by atoms with van der Waals surface area (Å²) in [6, 6.07) is 6.14. The van der Waals surface area contributed by atoms with E-state index >= 15 is 0 Å². The normalized spacial score (nSPS) is 10.9. The van der Waals surface area contributed by atoms with Crippen molar-refractivity contribution in [1.29, 1.82) is 0 Å². The van der Waals surface area contributed by atoms with Crippen molar-refractivity contribution < 1.29 is 0 Å². The molecule has 0 unspecified atom stereocenters. The number of benzene rings is 1. The van der Waals surface area contributed by atoms with Crippen LogP contribution in [0.25, 0.3) is 5.69 Å². The number of hydrogen-bond donors (Lipinski definition) is 1. The molecule has 9 nitrogen and oxygen atoms in total. The van der Waals surface area contributed by atoms with Crippen LogP contribution in [0.5, 0.6) is 0 Å². The Labute approximate surface area is 149 Å². The van der Waals surface area contributed by atoms with Crippen LogP contribution < -0.4 is 10.6 Å². The van der Waals surface area contributed by atoms with E-state index in [0.29, 0.717) is 22.7 Å². The lowest BCUT2D eigenvalue weighted by Gasteiger charge is -2.11. The number of anilines is 2. The lowest BCUT2D eigenvalue weighted by molar-refractivity contribution is 0.751. The van der Waals surface area contributed by atoms with E-state index in [1.54, 1.807) is 9.58 Å². The van der Waals surface area contributed by atoms with Crippen LogP contribution in [0.15, 0.2) is 23.4 Å². The Balaban J connectivity index is 1.83. The highest BCUT2D eigenvalue weighted by Crippen LogP contribution is 2.24. The summed E-state index contributed by atoms with van der Waals surface area (Å²) in [5, 5.41) is 12.7. The summed E-state index contributed by atoms with van der Waals surface area (Å²) < 4.78 is 1.72. The number of hydrogen-bond acceptors (Lipinski definition) is 9. The van der Waals surface area contributed by atoms with Gasteiger partial charge in [-0.05, 0) is 35.9 Å². The Morgan fingerprint density at radius 2 is 1.96 bits per heavy atom. The molecule has 2 heterocycles. The summed E-state index contributed by atoms with van der Waals surface area (Å²) in [7, 11) is 3.71. The van der Waals surface area contributed by atoms with Gasteiger partial charge in [0, 0.05) is 14.1 Å². The molecule has 1 aromatic carbocycles. The highest BCUT2D eigenvalue weighted by Gasteiger charge is 2.13. The number of tetrazole rings is 1. The smallest absolute Gasteiger partial charge is 0.229 e. The molecule has 0 radical (unpaired) electrons. The first-order valence-corrected chi connectivity index (χ1v) is 8.59. The molecule has 0 amide bonds. The third-order valence-corrected chi connectivity index (χ3v) is 4.35. The molecule has 3 rings (SSSR count). The zero-order valence-electron chi connectivity index (χ0n) is 14.5. The van der Waals surface area contributed by atoms with E-state index in [9.17, 15) is 0 Å². The molecule has 3 aromatic rings. The van der Waals surface area contributed by atoms with Crippen LogP contribution in [0, 0.1) is 13.8 Å². The Bertz CT molecular complexity index is 890. The molecular formula is C15H19N9S. The van der Waals surface area contributed by atoms with Gasteiger partial charge < -0.3 is 10.6 Å². The van der Waals surface area contributed by atoms with Crippen molar-refractivity contribution in [3.8, 4) is 5.69 Å². The van der Waals surface area contributed by atoms with Gasteiger partial charge in [-0.1, -0.05) is 29.5 Å². The van der Waals surface area contributed by atoms with Crippen LogP contribution in [-0.4, -0.2) is 49.3 Å². The number of nitrogens with two attached hydrogens (primary N) is 1. The number of thioether (sulfide) groups is 1. The number of aromatic nitrogens is 7. The van der Waals surface area contributed by atoms with Crippen molar-refractivity contribution in [2.75, 3.05) is 24.7 Å². The topological polar surface area (TPSA) is 112 Å². The zero-order valence-corrected chi connectivity index (χ0v) is 15.3. The first kappa shape index (κ1) is 17.1. The Morgan fingerprint density at radius 1 is 1.16 bits per heavy atom. The summed E-state index contributed by atoms with van der Waals surface area (Å²) >= 11 is 1.44. The highest BCUT2D eigenvalue weighted by molar-refractivity contribution is 7.98. The van der Waals surface area contributed by atoms with Gasteiger partial charge in [-0.25, -0.2) is 0 Å². The van der Waals surface area contributed by atoms with Gasteiger partial charge in [-0.3, -0.25) is 0 Å². The fraction of sp³-hybridized carbons (Fsp3) is 0.333. The second-order valence-electron chi connectivity index (χ2n) is 5.76. The van der Waals surface area contributed by atoms with E-state index in [4.69, 9.17) is 5.73 Å².